The zero-order valence-electron chi connectivity index (χ0n) is 15.4. The molecule has 0 aliphatic carbocycles. The molecule has 2 aromatic carbocycles. The van der Waals surface area contributed by atoms with E-state index in [1.54, 1.807) is 29.2 Å². The highest BCUT2D eigenvalue weighted by Gasteiger charge is 2.30. The Bertz CT molecular complexity index is 926. The SMILES string of the molecule is CN(C)S(=O)(=O)c1cccc(C(=O)N2CCCC2Cc2ccc(F)cc2)c1. The van der Waals surface area contributed by atoms with Crippen LogP contribution in [0.15, 0.2) is 53.4 Å². The lowest BCUT2D eigenvalue weighted by molar-refractivity contribution is 0.0736. The van der Waals surface area contributed by atoms with Gasteiger partial charge in [0.25, 0.3) is 5.91 Å². The van der Waals surface area contributed by atoms with Crippen LogP contribution >= 0.6 is 0 Å². The number of sulfonamides is 1. The average Bonchev–Trinajstić information content (AvgIpc) is 3.11. The summed E-state index contributed by atoms with van der Waals surface area (Å²) in [6, 6.07) is 12.5. The second kappa shape index (κ2) is 7.78. The maximum Gasteiger partial charge on any atom is 0.254 e. The molecule has 7 heteroatoms. The number of nitrogens with zero attached hydrogens (tertiary/aromatic N) is 2. The van der Waals surface area contributed by atoms with Crippen LogP contribution < -0.4 is 0 Å². The molecule has 144 valence electrons. The van der Waals surface area contributed by atoms with Gasteiger partial charge in [-0.15, -0.1) is 0 Å². The maximum absolute atomic E-state index is 13.1. The van der Waals surface area contributed by atoms with Crippen molar-refractivity contribution in [2.75, 3.05) is 20.6 Å². The van der Waals surface area contributed by atoms with Gasteiger partial charge in [-0.1, -0.05) is 18.2 Å². The second-order valence-corrected chi connectivity index (χ2v) is 9.09. The van der Waals surface area contributed by atoms with Gasteiger partial charge in [-0.05, 0) is 55.2 Å². The van der Waals surface area contributed by atoms with Crippen molar-refractivity contribution in [3.8, 4) is 0 Å². The Hall–Kier alpha value is -2.25. The fourth-order valence-corrected chi connectivity index (χ4v) is 4.32. The van der Waals surface area contributed by atoms with E-state index in [2.05, 4.69) is 0 Å². The normalized spacial score (nSPS) is 17.5. The molecule has 1 atom stereocenters. The molecule has 5 nitrogen and oxygen atoms in total. The van der Waals surface area contributed by atoms with Gasteiger partial charge in [0.2, 0.25) is 10.0 Å². The molecular weight excluding hydrogens is 367 g/mol. The lowest BCUT2D eigenvalue weighted by atomic mass is 10.0. The minimum Gasteiger partial charge on any atom is -0.335 e. The van der Waals surface area contributed by atoms with E-state index in [9.17, 15) is 17.6 Å². The summed E-state index contributed by atoms with van der Waals surface area (Å²) < 4.78 is 38.9. The van der Waals surface area contributed by atoms with Gasteiger partial charge in [-0.2, -0.15) is 0 Å². The molecule has 0 saturated carbocycles. The van der Waals surface area contributed by atoms with Crippen LogP contribution in [0, 0.1) is 5.82 Å². The Morgan fingerprint density at radius 1 is 1.19 bits per heavy atom. The molecule has 0 N–H and O–H groups in total. The van der Waals surface area contributed by atoms with Crippen LogP contribution in [0.3, 0.4) is 0 Å². The number of rotatable bonds is 5. The molecule has 1 unspecified atom stereocenters. The number of carbonyl (C=O) groups excluding carboxylic acids is 1. The van der Waals surface area contributed by atoms with E-state index in [0.29, 0.717) is 18.5 Å². The predicted octanol–water partition coefficient (Wildman–Crippen LogP) is 2.92. The summed E-state index contributed by atoms with van der Waals surface area (Å²) in [5.41, 5.74) is 1.34. The van der Waals surface area contributed by atoms with Gasteiger partial charge in [0.05, 0.1) is 4.90 Å². The third-order valence-corrected chi connectivity index (χ3v) is 6.69. The number of halogens is 1. The number of benzene rings is 2. The topological polar surface area (TPSA) is 57.7 Å². The Kier molecular flexibility index (Phi) is 5.62. The highest BCUT2D eigenvalue weighted by Crippen LogP contribution is 2.25. The van der Waals surface area contributed by atoms with E-state index in [0.717, 1.165) is 22.7 Å². The van der Waals surface area contributed by atoms with Gasteiger partial charge in [-0.3, -0.25) is 4.79 Å². The zero-order chi connectivity index (χ0) is 19.6. The van der Waals surface area contributed by atoms with Gasteiger partial charge >= 0.3 is 0 Å². The first-order chi connectivity index (χ1) is 12.8. The Morgan fingerprint density at radius 2 is 1.89 bits per heavy atom. The van der Waals surface area contributed by atoms with E-state index < -0.39 is 10.0 Å². The largest absolute Gasteiger partial charge is 0.335 e. The van der Waals surface area contributed by atoms with Crippen molar-refractivity contribution >= 4 is 15.9 Å². The van der Waals surface area contributed by atoms with Gasteiger partial charge < -0.3 is 4.90 Å². The Balaban J connectivity index is 1.81. The van der Waals surface area contributed by atoms with Crippen molar-refractivity contribution in [3.63, 3.8) is 0 Å². The van der Waals surface area contributed by atoms with Crippen molar-refractivity contribution in [3.05, 3.63) is 65.5 Å². The molecular formula is C20H23FN2O3S. The molecule has 0 spiro atoms. The van der Waals surface area contributed by atoms with Crippen LogP contribution in [0.4, 0.5) is 4.39 Å². The molecule has 1 amide bonds. The van der Waals surface area contributed by atoms with Gasteiger partial charge in [0, 0.05) is 32.2 Å². The van der Waals surface area contributed by atoms with Crippen molar-refractivity contribution in [2.45, 2.75) is 30.2 Å². The Labute approximate surface area is 159 Å². The highest BCUT2D eigenvalue weighted by molar-refractivity contribution is 7.89. The molecule has 27 heavy (non-hydrogen) atoms. The summed E-state index contributed by atoms with van der Waals surface area (Å²) in [7, 11) is -0.673. The zero-order valence-corrected chi connectivity index (χ0v) is 16.2. The van der Waals surface area contributed by atoms with Crippen LogP contribution in [0.25, 0.3) is 0 Å². The lowest BCUT2D eigenvalue weighted by Crippen LogP contribution is -2.37. The number of likely N-dealkylation sites (tertiary alicyclic amines) is 1. The molecule has 1 aliphatic rings. The lowest BCUT2D eigenvalue weighted by Gasteiger charge is -2.25. The fraction of sp³-hybridized carbons (Fsp3) is 0.350. The van der Waals surface area contributed by atoms with E-state index in [1.165, 1.54) is 38.4 Å². The summed E-state index contributed by atoms with van der Waals surface area (Å²) >= 11 is 0. The van der Waals surface area contributed by atoms with E-state index >= 15 is 0 Å². The summed E-state index contributed by atoms with van der Waals surface area (Å²) in [6.45, 7) is 0.634. The summed E-state index contributed by atoms with van der Waals surface area (Å²) in [4.78, 5) is 14.9. The first-order valence-corrected chi connectivity index (χ1v) is 10.3. The van der Waals surface area contributed by atoms with Crippen LogP contribution in [0.5, 0.6) is 0 Å². The molecule has 0 radical (unpaired) electrons. The second-order valence-electron chi connectivity index (χ2n) is 6.94. The molecule has 3 rings (SSSR count). The minimum absolute atomic E-state index is 0.0251. The molecule has 1 heterocycles. The third kappa shape index (κ3) is 4.20. The third-order valence-electron chi connectivity index (χ3n) is 4.88. The van der Waals surface area contributed by atoms with Crippen LogP contribution in [-0.2, 0) is 16.4 Å². The van der Waals surface area contributed by atoms with Crippen molar-refractivity contribution in [1.82, 2.24) is 9.21 Å². The first-order valence-electron chi connectivity index (χ1n) is 8.87. The van der Waals surface area contributed by atoms with E-state index in [-0.39, 0.29) is 22.7 Å². The highest BCUT2D eigenvalue weighted by atomic mass is 32.2. The number of hydrogen-bond acceptors (Lipinski definition) is 3. The van der Waals surface area contributed by atoms with Crippen LogP contribution in [-0.4, -0.2) is 50.2 Å². The van der Waals surface area contributed by atoms with E-state index in [1.807, 2.05) is 0 Å². The number of amides is 1. The van der Waals surface area contributed by atoms with Crippen LogP contribution in [0.1, 0.15) is 28.8 Å². The summed E-state index contributed by atoms with van der Waals surface area (Å²) in [6.07, 6.45) is 2.42. The quantitative estimate of drug-likeness (QED) is 0.789. The molecule has 2 aromatic rings. The van der Waals surface area contributed by atoms with Crippen molar-refractivity contribution < 1.29 is 17.6 Å². The average molecular weight is 390 g/mol. The number of carbonyl (C=O) groups is 1. The molecule has 1 aliphatic heterocycles. The molecule has 1 saturated heterocycles. The predicted molar refractivity (Wildman–Crippen MR) is 101 cm³/mol. The number of hydrogen-bond donors (Lipinski definition) is 0. The van der Waals surface area contributed by atoms with Gasteiger partial charge in [0.1, 0.15) is 5.82 Å². The Morgan fingerprint density at radius 3 is 2.56 bits per heavy atom. The summed E-state index contributed by atoms with van der Waals surface area (Å²) in [5, 5.41) is 0. The van der Waals surface area contributed by atoms with Crippen molar-refractivity contribution in [1.29, 1.82) is 0 Å². The van der Waals surface area contributed by atoms with Gasteiger partial charge in [0.15, 0.2) is 0 Å². The first kappa shape index (κ1) is 19.5. The van der Waals surface area contributed by atoms with E-state index in [4.69, 9.17) is 0 Å². The molecule has 1 fully saturated rings. The standard InChI is InChI=1S/C20H23FN2O3S/c1-22(2)27(25,26)19-7-3-5-16(14-19)20(24)23-12-4-6-18(23)13-15-8-10-17(21)11-9-15/h3,5,7-11,14,18H,4,6,12-13H2,1-2H3. The van der Waals surface area contributed by atoms with Crippen LogP contribution in [0.2, 0.25) is 0 Å². The smallest absolute Gasteiger partial charge is 0.254 e. The maximum atomic E-state index is 13.1. The fourth-order valence-electron chi connectivity index (χ4n) is 3.37. The summed E-state index contributed by atoms with van der Waals surface area (Å²) in [5.74, 6) is -0.451. The monoisotopic (exact) mass is 390 g/mol. The van der Waals surface area contributed by atoms with Gasteiger partial charge in [-0.25, -0.2) is 17.1 Å². The minimum atomic E-state index is -3.60. The molecule has 0 bridgehead atoms. The molecule has 0 aromatic heterocycles. The van der Waals surface area contributed by atoms with Crippen molar-refractivity contribution in [2.24, 2.45) is 0 Å².